The highest BCUT2D eigenvalue weighted by molar-refractivity contribution is 5.76. The van der Waals surface area contributed by atoms with Crippen LogP contribution in [-0.4, -0.2) is 48.6 Å². The summed E-state index contributed by atoms with van der Waals surface area (Å²) in [6, 6.07) is 1.86. The Bertz CT molecular complexity index is 444. The number of nitrogens with one attached hydrogen (secondary N) is 1. The number of nitrogens with two attached hydrogens (primary N) is 1. The molecule has 0 radical (unpaired) electrons. The number of rotatable bonds is 4. The molecule has 1 saturated heterocycles. The first kappa shape index (κ1) is 13.6. The first-order valence-electron chi connectivity index (χ1n) is 6.48. The van der Waals surface area contributed by atoms with Crippen LogP contribution in [0.2, 0.25) is 0 Å². The predicted molar refractivity (Wildman–Crippen MR) is 73.9 cm³/mol. The molecule has 1 aromatic rings. The smallest absolute Gasteiger partial charge is 0.224 e. The van der Waals surface area contributed by atoms with Crippen molar-refractivity contribution >= 4 is 17.4 Å². The summed E-state index contributed by atoms with van der Waals surface area (Å²) in [6.45, 7) is 5.18. The minimum Gasteiger partial charge on any atom is -0.397 e. The van der Waals surface area contributed by atoms with Gasteiger partial charge in [-0.05, 0) is 18.6 Å². The van der Waals surface area contributed by atoms with Gasteiger partial charge in [0, 0.05) is 26.1 Å². The molecule has 1 fully saturated rings. The summed E-state index contributed by atoms with van der Waals surface area (Å²) in [4.78, 5) is 18.0. The van der Waals surface area contributed by atoms with Crippen LogP contribution in [0, 0.1) is 6.92 Å². The molecule has 1 aliphatic rings. The molecule has 104 valence electrons. The van der Waals surface area contributed by atoms with E-state index >= 15 is 0 Å². The Balaban J connectivity index is 1.78. The summed E-state index contributed by atoms with van der Waals surface area (Å²) in [7, 11) is 0. The Labute approximate surface area is 112 Å². The molecular formula is C13H20N4O2. The zero-order chi connectivity index (χ0) is 13.7. The summed E-state index contributed by atoms with van der Waals surface area (Å²) >= 11 is 0. The van der Waals surface area contributed by atoms with Gasteiger partial charge in [0.2, 0.25) is 5.91 Å². The number of nitrogens with zero attached hydrogens (tertiary/aromatic N) is 2. The van der Waals surface area contributed by atoms with Gasteiger partial charge in [-0.25, -0.2) is 4.98 Å². The molecule has 0 aliphatic carbocycles. The molecule has 0 unspecified atom stereocenters. The van der Waals surface area contributed by atoms with Gasteiger partial charge in [-0.3, -0.25) is 4.79 Å². The van der Waals surface area contributed by atoms with Crippen LogP contribution in [0.1, 0.15) is 12.0 Å². The van der Waals surface area contributed by atoms with Crippen LogP contribution in [0.5, 0.6) is 0 Å². The number of anilines is 2. The maximum atomic E-state index is 11.9. The average Bonchev–Trinajstić information content (AvgIpc) is 2.42. The van der Waals surface area contributed by atoms with Crippen molar-refractivity contribution in [3.63, 3.8) is 0 Å². The number of hydrogen-bond donors (Lipinski definition) is 2. The van der Waals surface area contributed by atoms with Gasteiger partial charge in [0.05, 0.1) is 25.1 Å². The summed E-state index contributed by atoms with van der Waals surface area (Å²) < 4.78 is 5.22. The van der Waals surface area contributed by atoms with Crippen LogP contribution in [0.15, 0.2) is 12.3 Å². The van der Waals surface area contributed by atoms with E-state index in [9.17, 15) is 4.79 Å². The van der Waals surface area contributed by atoms with Crippen molar-refractivity contribution in [1.82, 2.24) is 9.88 Å². The molecule has 6 nitrogen and oxygen atoms in total. The average molecular weight is 264 g/mol. The number of hydrogen-bond acceptors (Lipinski definition) is 5. The number of pyridine rings is 1. The van der Waals surface area contributed by atoms with Gasteiger partial charge in [-0.15, -0.1) is 0 Å². The summed E-state index contributed by atoms with van der Waals surface area (Å²) in [5.41, 5.74) is 7.27. The fourth-order valence-electron chi connectivity index (χ4n) is 2.04. The monoisotopic (exact) mass is 264 g/mol. The third kappa shape index (κ3) is 3.82. The van der Waals surface area contributed by atoms with Crippen molar-refractivity contribution in [2.24, 2.45) is 0 Å². The summed E-state index contributed by atoms with van der Waals surface area (Å²) in [5, 5.41) is 3.16. The number of amides is 1. The van der Waals surface area contributed by atoms with E-state index in [-0.39, 0.29) is 5.91 Å². The molecule has 0 saturated carbocycles. The van der Waals surface area contributed by atoms with E-state index in [0.29, 0.717) is 45.0 Å². The minimum absolute atomic E-state index is 0.156. The lowest BCUT2D eigenvalue weighted by Gasteiger charge is -2.26. The quantitative estimate of drug-likeness (QED) is 0.834. The van der Waals surface area contributed by atoms with E-state index < -0.39 is 0 Å². The zero-order valence-corrected chi connectivity index (χ0v) is 11.2. The van der Waals surface area contributed by atoms with Gasteiger partial charge in [-0.2, -0.15) is 0 Å². The molecule has 1 aliphatic heterocycles. The lowest BCUT2D eigenvalue weighted by Crippen LogP contribution is -2.41. The van der Waals surface area contributed by atoms with Gasteiger partial charge < -0.3 is 20.7 Å². The van der Waals surface area contributed by atoms with Gasteiger partial charge in [-0.1, -0.05) is 0 Å². The number of nitrogen functional groups attached to an aromatic ring is 1. The predicted octanol–water partition coefficient (Wildman–Crippen LogP) is 0.633. The van der Waals surface area contributed by atoms with Crippen molar-refractivity contribution in [3.8, 4) is 0 Å². The lowest BCUT2D eigenvalue weighted by molar-refractivity contribution is -0.134. The second-order valence-electron chi connectivity index (χ2n) is 4.60. The van der Waals surface area contributed by atoms with Gasteiger partial charge >= 0.3 is 0 Å². The van der Waals surface area contributed by atoms with Crippen molar-refractivity contribution < 1.29 is 9.53 Å². The Morgan fingerprint density at radius 2 is 2.26 bits per heavy atom. The van der Waals surface area contributed by atoms with E-state index in [1.165, 1.54) is 0 Å². The number of ether oxygens (including phenoxy) is 1. The Kier molecular flexibility index (Phi) is 4.57. The summed E-state index contributed by atoms with van der Waals surface area (Å²) in [5.74, 6) is 0.938. The minimum atomic E-state index is 0.156. The molecule has 0 atom stereocenters. The molecule has 3 N–H and O–H groups in total. The van der Waals surface area contributed by atoms with E-state index in [1.54, 1.807) is 6.20 Å². The van der Waals surface area contributed by atoms with E-state index in [0.717, 1.165) is 11.4 Å². The second-order valence-corrected chi connectivity index (χ2v) is 4.60. The van der Waals surface area contributed by atoms with Crippen LogP contribution < -0.4 is 11.1 Å². The molecular weight excluding hydrogens is 244 g/mol. The number of morpholine rings is 1. The number of carbonyl (C=O) groups is 1. The Morgan fingerprint density at radius 1 is 1.53 bits per heavy atom. The second kappa shape index (κ2) is 6.38. The molecule has 0 aromatic carbocycles. The molecule has 2 rings (SSSR count). The van der Waals surface area contributed by atoms with Crippen LogP contribution in [0.25, 0.3) is 0 Å². The fraction of sp³-hybridized carbons (Fsp3) is 0.538. The van der Waals surface area contributed by atoms with Crippen molar-refractivity contribution in [1.29, 1.82) is 0 Å². The van der Waals surface area contributed by atoms with Gasteiger partial charge in [0.25, 0.3) is 0 Å². The van der Waals surface area contributed by atoms with Gasteiger partial charge in [0.15, 0.2) is 0 Å². The number of aryl methyl sites for hydroxylation is 1. The normalized spacial score (nSPS) is 15.3. The molecule has 19 heavy (non-hydrogen) atoms. The zero-order valence-electron chi connectivity index (χ0n) is 11.2. The van der Waals surface area contributed by atoms with Gasteiger partial charge in [0.1, 0.15) is 5.82 Å². The highest BCUT2D eigenvalue weighted by Gasteiger charge is 2.16. The van der Waals surface area contributed by atoms with Crippen LogP contribution >= 0.6 is 0 Å². The molecule has 0 bridgehead atoms. The largest absolute Gasteiger partial charge is 0.397 e. The number of carbonyl (C=O) groups excluding carboxylic acids is 1. The highest BCUT2D eigenvalue weighted by atomic mass is 16.5. The highest BCUT2D eigenvalue weighted by Crippen LogP contribution is 2.13. The maximum absolute atomic E-state index is 11.9. The molecule has 6 heteroatoms. The Morgan fingerprint density at radius 3 is 2.95 bits per heavy atom. The molecule has 2 heterocycles. The molecule has 0 spiro atoms. The SMILES string of the molecule is Cc1cc(N)cnc1NCCC(=O)N1CCOCC1. The Hall–Kier alpha value is -1.82. The molecule has 1 aromatic heterocycles. The topological polar surface area (TPSA) is 80.5 Å². The first-order valence-corrected chi connectivity index (χ1v) is 6.48. The fourth-order valence-corrected chi connectivity index (χ4v) is 2.04. The third-order valence-electron chi connectivity index (χ3n) is 3.09. The lowest BCUT2D eigenvalue weighted by atomic mass is 10.2. The standard InChI is InChI=1S/C13H20N4O2/c1-10-8-11(14)9-16-13(10)15-3-2-12(18)17-4-6-19-7-5-17/h8-9H,2-7,14H2,1H3,(H,15,16). The summed E-state index contributed by atoms with van der Waals surface area (Å²) in [6.07, 6.45) is 2.07. The van der Waals surface area contributed by atoms with Crippen molar-refractivity contribution in [2.45, 2.75) is 13.3 Å². The van der Waals surface area contributed by atoms with Crippen LogP contribution in [-0.2, 0) is 9.53 Å². The number of aromatic nitrogens is 1. The van der Waals surface area contributed by atoms with E-state index in [2.05, 4.69) is 10.3 Å². The first-order chi connectivity index (χ1) is 9.16. The third-order valence-corrected chi connectivity index (χ3v) is 3.09. The maximum Gasteiger partial charge on any atom is 0.224 e. The van der Waals surface area contributed by atoms with Crippen molar-refractivity contribution in [3.05, 3.63) is 17.8 Å². The molecule has 1 amide bonds. The van der Waals surface area contributed by atoms with Crippen molar-refractivity contribution in [2.75, 3.05) is 43.9 Å². The van der Waals surface area contributed by atoms with Crippen LogP contribution in [0.4, 0.5) is 11.5 Å². The van der Waals surface area contributed by atoms with E-state index in [4.69, 9.17) is 10.5 Å². The van der Waals surface area contributed by atoms with Crippen LogP contribution in [0.3, 0.4) is 0 Å². The van der Waals surface area contributed by atoms with E-state index in [1.807, 2.05) is 17.9 Å².